The number of imidazole rings is 1. The van der Waals surface area contributed by atoms with Crippen LogP contribution in [0, 0.1) is 0 Å². The number of carbonyl (C=O) groups excluding carboxylic acids is 1. The summed E-state index contributed by atoms with van der Waals surface area (Å²) in [5, 5.41) is 0. The van der Waals surface area contributed by atoms with Gasteiger partial charge in [-0.25, -0.2) is 4.98 Å². The summed E-state index contributed by atoms with van der Waals surface area (Å²) in [4.78, 5) is 24.2. The zero-order chi connectivity index (χ0) is 14.8. The summed E-state index contributed by atoms with van der Waals surface area (Å²) in [7, 11) is 2.00. The first-order chi connectivity index (χ1) is 10.2. The first-order valence-corrected chi connectivity index (χ1v) is 7.34. The summed E-state index contributed by atoms with van der Waals surface area (Å²) in [6, 6.07) is 1.98. The molecule has 1 aliphatic heterocycles. The lowest BCUT2D eigenvalue weighted by Gasteiger charge is -2.40. The summed E-state index contributed by atoms with van der Waals surface area (Å²) in [6.45, 7) is 5.44. The second-order valence-corrected chi connectivity index (χ2v) is 5.39. The minimum absolute atomic E-state index is 0.0891. The normalized spacial score (nSPS) is 19.9. The number of likely N-dealkylation sites (N-methyl/N-ethyl adjacent to an activating group) is 1. The van der Waals surface area contributed by atoms with Crippen molar-refractivity contribution in [2.45, 2.75) is 13.0 Å². The minimum Gasteiger partial charge on any atom is -0.367 e. The molecule has 6 heteroatoms. The van der Waals surface area contributed by atoms with Crippen LogP contribution in [0.2, 0.25) is 0 Å². The van der Waals surface area contributed by atoms with E-state index in [2.05, 4.69) is 21.8 Å². The third-order valence-electron chi connectivity index (χ3n) is 4.19. The van der Waals surface area contributed by atoms with E-state index in [4.69, 9.17) is 0 Å². The molecule has 0 spiro atoms. The van der Waals surface area contributed by atoms with Crippen LogP contribution in [0.1, 0.15) is 29.1 Å². The van der Waals surface area contributed by atoms with Gasteiger partial charge in [-0.15, -0.1) is 0 Å². The Morgan fingerprint density at radius 2 is 2.33 bits per heavy atom. The van der Waals surface area contributed by atoms with Gasteiger partial charge in [-0.05, 0) is 12.6 Å². The van der Waals surface area contributed by atoms with Crippen molar-refractivity contribution < 1.29 is 4.79 Å². The molecule has 0 saturated carbocycles. The van der Waals surface area contributed by atoms with E-state index in [9.17, 15) is 4.79 Å². The summed E-state index contributed by atoms with van der Waals surface area (Å²) in [5.41, 5.74) is 0.721. The molecule has 0 radical (unpaired) electrons. The molecule has 1 N–H and O–H groups in total. The number of aryl methyl sites for hydroxylation is 1. The summed E-state index contributed by atoms with van der Waals surface area (Å²) in [5.74, 6) is 1.11. The average molecular weight is 287 g/mol. The zero-order valence-electron chi connectivity index (χ0n) is 12.5. The molecule has 0 unspecified atom stereocenters. The highest BCUT2D eigenvalue weighted by molar-refractivity contribution is 5.94. The SMILES string of the molecule is CCN1CCN(C(=O)c2cc[nH]c2)C[C@H]1c1nccn1C. The number of rotatable bonds is 3. The third kappa shape index (κ3) is 2.58. The molecule has 21 heavy (non-hydrogen) atoms. The van der Waals surface area contributed by atoms with Crippen LogP contribution in [0.3, 0.4) is 0 Å². The van der Waals surface area contributed by atoms with Crippen LogP contribution in [0.4, 0.5) is 0 Å². The molecule has 0 aromatic carbocycles. The molecule has 1 aliphatic rings. The van der Waals surface area contributed by atoms with E-state index in [1.807, 2.05) is 35.0 Å². The lowest BCUT2D eigenvalue weighted by atomic mass is 10.1. The standard InChI is InChI=1S/C15H21N5O/c1-3-19-8-9-20(15(21)12-4-5-16-10-12)11-13(19)14-17-6-7-18(14)2/h4-7,10,13,16H,3,8-9,11H2,1-2H3/t13-/m0/s1. The van der Waals surface area contributed by atoms with E-state index in [0.717, 1.165) is 31.0 Å². The number of aromatic amines is 1. The van der Waals surface area contributed by atoms with Gasteiger partial charge in [0.25, 0.3) is 5.91 Å². The molecule has 1 fully saturated rings. The van der Waals surface area contributed by atoms with Gasteiger partial charge < -0.3 is 14.5 Å². The van der Waals surface area contributed by atoms with Gasteiger partial charge in [0.1, 0.15) is 5.82 Å². The maximum atomic E-state index is 12.5. The topological polar surface area (TPSA) is 57.2 Å². The van der Waals surface area contributed by atoms with Crippen molar-refractivity contribution in [2.75, 3.05) is 26.2 Å². The van der Waals surface area contributed by atoms with Gasteiger partial charge >= 0.3 is 0 Å². The minimum atomic E-state index is 0.0891. The molecule has 2 aromatic heterocycles. The van der Waals surface area contributed by atoms with Gasteiger partial charge in [-0.3, -0.25) is 9.69 Å². The Bertz CT molecular complexity index is 603. The van der Waals surface area contributed by atoms with Gasteiger partial charge in [-0.2, -0.15) is 0 Å². The van der Waals surface area contributed by atoms with Gasteiger partial charge in [0.05, 0.1) is 11.6 Å². The van der Waals surface area contributed by atoms with Crippen LogP contribution in [0.25, 0.3) is 0 Å². The number of hydrogen-bond donors (Lipinski definition) is 1. The largest absolute Gasteiger partial charge is 0.367 e. The van der Waals surface area contributed by atoms with E-state index in [1.165, 1.54) is 0 Å². The molecule has 6 nitrogen and oxygen atoms in total. The lowest BCUT2D eigenvalue weighted by molar-refractivity contribution is 0.0473. The second kappa shape index (κ2) is 5.73. The fraction of sp³-hybridized carbons (Fsp3) is 0.467. The van der Waals surface area contributed by atoms with E-state index in [-0.39, 0.29) is 11.9 Å². The quantitative estimate of drug-likeness (QED) is 0.925. The third-order valence-corrected chi connectivity index (χ3v) is 4.19. The molecule has 0 aliphatic carbocycles. The van der Waals surface area contributed by atoms with Crippen LogP contribution in [-0.4, -0.2) is 56.4 Å². The Morgan fingerprint density at radius 3 is 2.95 bits per heavy atom. The van der Waals surface area contributed by atoms with Crippen LogP contribution in [0.15, 0.2) is 30.9 Å². The van der Waals surface area contributed by atoms with Crippen molar-refractivity contribution in [3.8, 4) is 0 Å². The summed E-state index contributed by atoms with van der Waals surface area (Å²) >= 11 is 0. The fourth-order valence-corrected chi connectivity index (χ4v) is 2.97. The average Bonchev–Trinajstić information content (AvgIpc) is 3.17. The van der Waals surface area contributed by atoms with Gasteiger partial charge in [0.15, 0.2) is 0 Å². The second-order valence-electron chi connectivity index (χ2n) is 5.39. The predicted molar refractivity (Wildman–Crippen MR) is 79.9 cm³/mol. The molecule has 3 heterocycles. The van der Waals surface area contributed by atoms with E-state index in [1.54, 1.807) is 12.4 Å². The lowest BCUT2D eigenvalue weighted by Crippen LogP contribution is -2.50. The maximum absolute atomic E-state index is 12.5. The highest BCUT2D eigenvalue weighted by Gasteiger charge is 2.32. The van der Waals surface area contributed by atoms with Crippen molar-refractivity contribution in [1.29, 1.82) is 0 Å². The predicted octanol–water partition coefficient (Wildman–Crippen LogP) is 1.27. The summed E-state index contributed by atoms with van der Waals surface area (Å²) in [6.07, 6.45) is 7.31. The van der Waals surface area contributed by atoms with Crippen LogP contribution < -0.4 is 0 Å². The number of carbonyl (C=O) groups is 1. The van der Waals surface area contributed by atoms with Gasteiger partial charge in [0.2, 0.25) is 0 Å². The van der Waals surface area contributed by atoms with Crippen LogP contribution in [0.5, 0.6) is 0 Å². The molecule has 0 bridgehead atoms. The van der Waals surface area contributed by atoms with Crippen molar-refractivity contribution in [1.82, 2.24) is 24.3 Å². The van der Waals surface area contributed by atoms with Crippen molar-refractivity contribution in [2.24, 2.45) is 7.05 Å². The Hall–Kier alpha value is -2.08. The van der Waals surface area contributed by atoms with Crippen LogP contribution >= 0.6 is 0 Å². The number of H-pyrrole nitrogens is 1. The van der Waals surface area contributed by atoms with Crippen molar-refractivity contribution >= 4 is 5.91 Å². The first-order valence-electron chi connectivity index (χ1n) is 7.34. The number of piperazine rings is 1. The Labute approximate surface area is 124 Å². The molecule has 112 valence electrons. The molecular weight excluding hydrogens is 266 g/mol. The highest BCUT2D eigenvalue weighted by atomic mass is 16.2. The highest BCUT2D eigenvalue weighted by Crippen LogP contribution is 2.24. The smallest absolute Gasteiger partial charge is 0.255 e. The molecule has 1 amide bonds. The van der Waals surface area contributed by atoms with Crippen molar-refractivity contribution in [3.05, 3.63) is 42.2 Å². The number of nitrogens with zero attached hydrogens (tertiary/aromatic N) is 4. The molecular formula is C15H21N5O. The monoisotopic (exact) mass is 287 g/mol. The van der Waals surface area contributed by atoms with Crippen molar-refractivity contribution in [3.63, 3.8) is 0 Å². The molecule has 1 saturated heterocycles. The first kappa shape index (κ1) is 13.9. The Kier molecular flexibility index (Phi) is 3.79. The molecule has 2 aromatic rings. The number of aromatic nitrogens is 3. The Morgan fingerprint density at radius 1 is 1.48 bits per heavy atom. The zero-order valence-corrected chi connectivity index (χ0v) is 12.5. The fourth-order valence-electron chi connectivity index (χ4n) is 2.97. The van der Waals surface area contributed by atoms with E-state index >= 15 is 0 Å². The number of amides is 1. The maximum Gasteiger partial charge on any atom is 0.255 e. The van der Waals surface area contributed by atoms with Gasteiger partial charge in [-0.1, -0.05) is 6.92 Å². The summed E-state index contributed by atoms with van der Waals surface area (Å²) < 4.78 is 2.04. The van der Waals surface area contributed by atoms with E-state index in [0.29, 0.717) is 6.54 Å². The molecule has 3 rings (SSSR count). The molecule has 1 atom stereocenters. The number of hydrogen-bond acceptors (Lipinski definition) is 3. The number of nitrogens with one attached hydrogen (secondary N) is 1. The Balaban J connectivity index is 1.81. The van der Waals surface area contributed by atoms with Crippen LogP contribution in [-0.2, 0) is 7.05 Å². The van der Waals surface area contributed by atoms with E-state index < -0.39 is 0 Å². The van der Waals surface area contributed by atoms with Gasteiger partial charge in [0, 0.05) is 51.5 Å².